The lowest BCUT2D eigenvalue weighted by Gasteiger charge is -2.42. The van der Waals surface area contributed by atoms with Crippen LogP contribution < -0.4 is 0 Å². The van der Waals surface area contributed by atoms with Gasteiger partial charge < -0.3 is 9.67 Å². The first-order valence-corrected chi connectivity index (χ1v) is 9.80. The van der Waals surface area contributed by atoms with Gasteiger partial charge in [-0.2, -0.15) is 0 Å². The van der Waals surface area contributed by atoms with Crippen LogP contribution in [0.25, 0.3) is 5.82 Å². The molecule has 1 atom stereocenters. The highest BCUT2D eigenvalue weighted by Crippen LogP contribution is 2.19. The molecule has 0 amide bonds. The minimum atomic E-state index is 0.248. The van der Waals surface area contributed by atoms with E-state index in [-0.39, 0.29) is 6.61 Å². The molecule has 0 aliphatic carbocycles. The Hall–Kier alpha value is -1.40. The van der Waals surface area contributed by atoms with Crippen molar-refractivity contribution in [3.63, 3.8) is 0 Å². The van der Waals surface area contributed by atoms with Gasteiger partial charge in [-0.1, -0.05) is 25.4 Å². The van der Waals surface area contributed by atoms with Crippen LogP contribution in [0.3, 0.4) is 0 Å². The monoisotopic (exact) mass is 376 g/mol. The molecule has 142 valence electrons. The van der Waals surface area contributed by atoms with Crippen molar-refractivity contribution in [1.29, 1.82) is 0 Å². The average Bonchev–Trinajstić information content (AvgIpc) is 3.06. The number of piperazine rings is 1. The van der Waals surface area contributed by atoms with Crippen molar-refractivity contribution in [2.45, 2.75) is 32.9 Å². The maximum Gasteiger partial charge on any atom is 0.136 e. The van der Waals surface area contributed by atoms with Gasteiger partial charge in [0, 0.05) is 63.5 Å². The predicted molar refractivity (Wildman–Crippen MR) is 106 cm³/mol. The summed E-state index contributed by atoms with van der Waals surface area (Å²) < 4.78 is 2.12. The van der Waals surface area contributed by atoms with Crippen molar-refractivity contribution in [1.82, 2.24) is 19.4 Å². The molecular formula is C20H29ClN4O. The van der Waals surface area contributed by atoms with Crippen molar-refractivity contribution in [2.75, 3.05) is 32.8 Å². The van der Waals surface area contributed by atoms with Crippen LogP contribution in [0.2, 0.25) is 5.02 Å². The number of rotatable bonds is 7. The number of hydrogen-bond donors (Lipinski definition) is 1. The highest BCUT2D eigenvalue weighted by Gasteiger charge is 2.27. The SMILES string of the molecule is CC(C)CN1CCN(Cc2cccn2-c2ccc(Cl)cn2)CC1CCO. The molecule has 3 rings (SSSR count). The van der Waals surface area contributed by atoms with E-state index in [4.69, 9.17) is 11.6 Å². The first kappa shape index (κ1) is 19.4. The molecule has 0 saturated carbocycles. The van der Waals surface area contributed by atoms with Crippen molar-refractivity contribution in [3.05, 3.63) is 47.4 Å². The third kappa shape index (κ3) is 4.86. The summed E-state index contributed by atoms with van der Waals surface area (Å²) in [6.45, 7) is 9.85. The smallest absolute Gasteiger partial charge is 0.136 e. The van der Waals surface area contributed by atoms with Gasteiger partial charge in [0.15, 0.2) is 0 Å². The Morgan fingerprint density at radius 1 is 1.27 bits per heavy atom. The molecule has 1 aliphatic rings. The van der Waals surface area contributed by atoms with Crippen LogP contribution in [0.5, 0.6) is 0 Å². The van der Waals surface area contributed by atoms with E-state index < -0.39 is 0 Å². The second-order valence-electron chi connectivity index (χ2n) is 7.49. The van der Waals surface area contributed by atoms with E-state index in [0.29, 0.717) is 17.0 Å². The van der Waals surface area contributed by atoms with Crippen LogP contribution in [-0.2, 0) is 6.54 Å². The van der Waals surface area contributed by atoms with E-state index in [0.717, 1.165) is 45.0 Å². The molecule has 2 aromatic rings. The maximum absolute atomic E-state index is 9.46. The molecule has 0 bridgehead atoms. The summed E-state index contributed by atoms with van der Waals surface area (Å²) in [6, 6.07) is 8.45. The van der Waals surface area contributed by atoms with Crippen LogP contribution in [0.4, 0.5) is 0 Å². The molecule has 3 heterocycles. The van der Waals surface area contributed by atoms with Crippen molar-refractivity contribution >= 4 is 11.6 Å². The lowest BCUT2D eigenvalue weighted by molar-refractivity contribution is 0.0469. The molecule has 1 aliphatic heterocycles. The lowest BCUT2D eigenvalue weighted by atomic mass is 10.1. The summed E-state index contributed by atoms with van der Waals surface area (Å²) in [5, 5.41) is 10.1. The highest BCUT2D eigenvalue weighted by molar-refractivity contribution is 6.30. The number of hydrogen-bond acceptors (Lipinski definition) is 4. The third-order valence-electron chi connectivity index (χ3n) is 4.93. The van der Waals surface area contributed by atoms with Gasteiger partial charge in [0.2, 0.25) is 0 Å². The number of pyridine rings is 1. The van der Waals surface area contributed by atoms with Crippen LogP contribution in [0.15, 0.2) is 36.7 Å². The summed E-state index contributed by atoms with van der Waals surface area (Å²) in [6.07, 6.45) is 4.57. The van der Waals surface area contributed by atoms with E-state index in [1.54, 1.807) is 6.20 Å². The van der Waals surface area contributed by atoms with Gasteiger partial charge in [0.1, 0.15) is 5.82 Å². The fraction of sp³-hybridized carbons (Fsp3) is 0.550. The number of halogens is 1. The van der Waals surface area contributed by atoms with Crippen LogP contribution >= 0.6 is 11.6 Å². The van der Waals surface area contributed by atoms with Gasteiger partial charge >= 0.3 is 0 Å². The van der Waals surface area contributed by atoms with Gasteiger partial charge in [-0.3, -0.25) is 9.80 Å². The van der Waals surface area contributed by atoms with Gasteiger partial charge in [-0.05, 0) is 36.6 Å². The molecule has 0 aromatic carbocycles. The molecular weight excluding hydrogens is 348 g/mol. The van der Waals surface area contributed by atoms with Crippen LogP contribution in [0.1, 0.15) is 26.0 Å². The Morgan fingerprint density at radius 2 is 2.12 bits per heavy atom. The normalized spacial score (nSPS) is 19.3. The van der Waals surface area contributed by atoms with Crippen molar-refractivity contribution < 1.29 is 5.11 Å². The molecule has 5 nitrogen and oxygen atoms in total. The van der Waals surface area contributed by atoms with E-state index in [1.165, 1.54) is 5.69 Å². The van der Waals surface area contributed by atoms with Crippen molar-refractivity contribution in [3.8, 4) is 5.82 Å². The van der Waals surface area contributed by atoms with Gasteiger partial charge in [0.05, 0.1) is 5.02 Å². The first-order chi connectivity index (χ1) is 12.6. The zero-order valence-corrected chi connectivity index (χ0v) is 16.4. The molecule has 6 heteroatoms. The van der Waals surface area contributed by atoms with Crippen molar-refractivity contribution in [2.24, 2.45) is 5.92 Å². The minimum absolute atomic E-state index is 0.248. The molecule has 1 N–H and O–H groups in total. The Balaban J connectivity index is 1.68. The second-order valence-corrected chi connectivity index (χ2v) is 7.93. The number of nitrogens with zero attached hydrogens (tertiary/aromatic N) is 4. The summed E-state index contributed by atoms with van der Waals surface area (Å²) in [5.74, 6) is 1.54. The number of aliphatic hydroxyl groups excluding tert-OH is 1. The van der Waals surface area contributed by atoms with Crippen LogP contribution in [-0.4, -0.2) is 63.3 Å². The average molecular weight is 377 g/mol. The Kier molecular flexibility index (Phi) is 6.70. The minimum Gasteiger partial charge on any atom is -0.396 e. The van der Waals surface area contributed by atoms with E-state index in [2.05, 4.69) is 45.3 Å². The highest BCUT2D eigenvalue weighted by atomic mass is 35.5. The largest absolute Gasteiger partial charge is 0.396 e. The molecule has 1 fully saturated rings. The fourth-order valence-corrected chi connectivity index (χ4v) is 3.85. The Labute approximate surface area is 161 Å². The topological polar surface area (TPSA) is 44.5 Å². The summed E-state index contributed by atoms with van der Waals surface area (Å²) in [7, 11) is 0. The standard InChI is InChI=1S/C20H29ClN4O/c1-16(2)13-24-10-9-23(14-18(24)7-11-26)15-19-4-3-8-25(19)20-6-5-17(21)12-22-20/h3-6,8,12,16,18,26H,7,9-11,13-15H2,1-2H3. The quantitative estimate of drug-likeness (QED) is 0.806. The molecule has 1 unspecified atom stereocenters. The van der Waals surface area contributed by atoms with Crippen LogP contribution in [0, 0.1) is 5.92 Å². The third-order valence-corrected chi connectivity index (χ3v) is 5.15. The number of aliphatic hydroxyl groups is 1. The van der Waals surface area contributed by atoms with Gasteiger partial charge in [-0.25, -0.2) is 4.98 Å². The maximum atomic E-state index is 9.46. The zero-order chi connectivity index (χ0) is 18.5. The Morgan fingerprint density at radius 3 is 2.81 bits per heavy atom. The van der Waals surface area contributed by atoms with E-state index in [9.17, 15) is 5.11 Å². The van der Waals surface area contributed by atoms with Gasteiger partial charge in [-0.15, -0.1) is 0 Å². The molecule has 0 spiro atoms. The van der Waals surface area contributed by atoms with E-state index >= 15 is 0 Å². The Bertz CT molecular complexity index is 685. The zero-order valence-electron chi connectivity index (χ0n) is 15.7. The van der Waals surface area contributed by atoms with E-state index in [1.807, 2.05) is 18.3 Å². The summed E-state index contributed by atoms with van der Waals surface area (Å²) in [5.41, 5.74) is 1.22. The lowest BCUT2D eigenvalue weighted by Crippen LogP contribution is -2.54. The molecule has 0 radical (unpaired) electrons. The second kappa shape index (κ2) is 9.00. The molecule has 26 heavy (non-hydrogen) atoms. The van der Waals surface area contributed by atoms with Gasteiger partial charge in [0.25, 0.3) is 0 Å². The molecule has 2 aromatic heterocycles. The molecule has 1 saturated heterocycles. The predicted octanol–water partition coefficient (Wildman–Crippen LogP) is 3.05. The fourth-order valence-electron chi connectivity index (χ4n) is 3.74. The first-order valence-electron chi connectivity index (χ1n) is 9.42. The number of aromatic nitrogens is 2. The summed E-state index contributed by atoms with van der Waals surface area (Å²) >= 11 is 5.96. The summed E-state index contributed by atoms with van der Waals surface area (Å²) in [4.78, 5) is 9.46.